The monoisotopic (exact) mass is 608 g/mol. The summed E-state index contributed by atoms with van der Waals surface area (Å²) in [5, 5.41) is 13.0. The van der Waals surface area contributed by atoms with Gasteiger partial charge in [-0.05, 0) is 73.9 Å². The number of esters is 1. The molecule has 0 aliphatic rings. The van der Waals surface area contributed by atoms with Crippen LogP contribution in [-0.2, 0) is 16.0 Å². The number of unbranched alkanes of at least 4 members (excludes halogenated alkanes) is 1. The molecule has 4 aromatic rings. The second-order valence-corrected chi connectivity index (χ2v) is 10.8. The highest BCUT2D eigenvalue weighted by Gasteiger charge is 2.21. The lowest BCUT2D eigenvalue weighted by Gasteiger charge is -2.23. The van der Waals surface area contributed by atoms with E-state index in [1.807, 2.05) is 66.4 Å². The molecule has 0 radical (unpaired) electrons. The van der Waals surface area contributed by atoms with Crippen molar-refractivity contribution in [3.05, 3.63) is 120 Å². The maximum absolute atomic E-state index is 12.9. The lowest BCUT2D eigenvalue weighted by atomic mass is 10.1. The van der Waals surface area contributed by atoms with Crippen molar-refractivity contribution >= 4 is 29.2 Å². The van der Waals surface area contributed by atoms with Gasteiger partial charge in [-0.2, -0.15) is 0 Å². The number of hydrogen-bond acceptors (Lipinski definition) is 6. The molecule has 1 unspecified atom stereocenters. The molecular weight excluding hydrogens is 568 g/mol. The number of rotatable bonds is 16. The molecule has 0 spiro atoms. The van der Waals surface area contributed by atoms with Crippen LogP contribution in [0, 0.1) is 6.92 Å². The minimum atomic E-state index is -1.04. The van der Waals surface area contributed by atoms with Crippen LogP contribution in [0.2, 0.25) is 0 Å². The second-order valence-electron chi connectivity index (χ2n) is 10.8. The van der Waals surface area contributed by atoms with E-state index in [9.17, 15) is 19.5 Å². The number of aryl methyl sites for hydroxylation is 1. The zero-order valence-corrected chi connectivity index (χ0v) is 25.8. The second kappa shape index (κ2) is 16.7. The highest BCUT2D eigenvalue weighted by atomic mass is 16.5. The van der Waals surface area contributed by atoms with E-state index in [1.165, 1.54) is 0 Å². The molecule has 1 atom stereocenters. The number of benzene rings is 4. The van der Waals surface area contributed by atoms with Gasteiger partial charge < -0.3 is 24.8 Å². The molecule has 8 heteroatoms. The standard InChI is InChI=1S/C37H40N2O6/c1-3-4-15-35(40)39(30-20-16-27(2)17-21-30)24-10-25-44-31-22-18-28(19-23-31)26-33(36(41)42)38-32-13-8-9-14-34(32)45-37(43)29-11-6-5-7-12-29/h5-9,11-14,16-23,33,38H,3-4,10,15,24-26H2,1-2H3,(H,41,42). The van der Waals surface area contributed by atoms with Gasteiger partial charge in [0.15, 0.2) is 5.75 Å². The summed E-state index contributed by atoms with van der Waals surface area (Å²) in [7, 11) is 0. The summed E-state index contributed by atoms with van der Waals surface area (Å²) in [6.07, 6.45) is 3.20. The summed E-state index contributed by atoms with van der Waals surface area (Å²) >= 11 is 0. The van der Waals surface area contributed by atoms with Crippen LogP contribution >= 0.6 is 0 Å². The Morgan fingerprint density at radius 1 is 0.844 bits per heavy atom. The number of carboxylic acid groups (broad SMARTS) is 1. The van der Waals surface area contributed by atoms with Crippen LogP contribution in [0.5, 0.6) is 11.5 Å². The Bertz CT molecular complexity index is 1540. The number of nitrogens with zero attached hydrogens (tertiary/aromatic N) is 1. The average Bonchev–Trinajstić information content (AvgIpc) is 3.05. The van der Waals surface area contributed by atoms with Gasteiger partial charge >= 0.3 is 11.9 Å². The first kappa shape index (κ1) is 32.8. The molecule has 8 nitrogen and oxygen atoms in total. The van der Waals surface area contributed by atoms with Crippen molar-refractivity contribution in [2.24, 2.45) is 0 Å². The van der Waals surface area contributed by atoms with Gasteiger partial charge in [-0.3, -0.25) is 4.79 Å². The fourth-order valence-electron chi connectivity index (χ4n) is 4.75. The Hall–Kier alpha value is -5.11. The van der Waals surface area contributed by atoms with Gasteiger partial charge in [-0.1, -0.05) is 73.5 Å². The van der Waals surface area contributed by atoms with Crippen LogP contribution in [0.3, 0.4) is 0 Å². The van der Waals surface area contributed by atoms with E-state index < -0.39 is 18.0 Å². The third-order valence-corrected chi connectivity index (χ3v) is 7.28. The number of anilines is 2. The minimum absolute atomic E-state index is 0.114. The van der Waals surface area contributed by atoms with Crippen molar-refractivity contribution in [2.45, 2.75) is 52.0 Å². The number of carboxylic acids is 1. The zero-order valence-electron chi connectivity index (χ0n) is 25.8. The number of para-hydroxylation sites is 2. The Morgan fingerprint density at radius 2 is 1.53 bits per heavy atom. The highest BCUT2D eigenvalue weighted by Crippen LogP contribution is 2.27. The molecule has 0 bridgehead atoms. The molecule has 0 aliphatic carbocycles. The zero-order chi connectivity index (χ0) is 32.0. The highest BCUT2D eigenvalue weighted by molar-refractivity contribution is 5.93. The fourth-order valence-corrected chi connectivity index (χ4v) is 4.75. The van der Waals surface area contributed by atoms with Gasteiger partial charge in [0.05, 0.1) is 17.9 Å². The predicted molar refractivity (Wildman–Crippen MR) is 176 cm³/mol. The van der Waals surface area contributed by atoms with Crippen LogP contribution in [0.4, 0.5) is 11.4 Å². The summed E-state index contributed by atoms with van der Waals surface area (Å²) in [4.78, 5) is 39.5. The molecule has 4 aromatic carbocycles. The van der Waals surface area contributed by atoms with Gasteiger partial charge in [-0.25, -0.2) is 9.59 Å². The number of hydrogen-bond donors (Lipinski definition) is 2. The SMILES string of the molecule is CCCCC(=O)N(CCCOc1ccc(CC(Nc2ccccc2OC(=O)c2ccccc2)C(=O)O)cc1)c1ccc(C)cc1. The topological polar surface area (TPSA) is 105 Å². The smallest absolute Gasteiger partial charge is 0.343 e. The van der Waals surface area contributed by atoms with E-state index in [0.717, 1.165) is 29.7 Å². The van der Waals surface area contributed by atoms with Gasteiger partial charge in [0, 0.05) is 25.1 Å². The van der Waals surface area contributed by atoms with Gasteiger partial charge in [0.2, 0.25) is 5.91 Å². The Labute approximate surface area is 264 Å². The van der Waals surface area contributed by atoms with Crippen molar-refractivity contribution in [1.82, 2.24) is 0 Å². The van der Waals surface area contributed by atoms with Crippen LogP contribution in [0.25, 0.3) is 0 Å². The first-order chi connectivity index (χ1) is 21.8. The largest absolute Gasteiger partial charge is 0.494 e. The van der Waals surface area contributed by atoms with Gasteiger partial charge in [0.25, 0.3) is 0 Å². The number of ether oxygens (including phenoxy) is 2. The predicted octanol–water partition coefficient (Wildman–Crippen LogP) is 7.31. The van der Waals surface area contributed by atoms with E-state index in [1.54, 1.807) is 48.5 Å². The van der Waals surface area contributed by atoms with Crippen molar-refractivity contribution < 1.29 is 29.0 Å². The molecule has 0 fully saturated rings. The van der Waals surface area contributed by atoms with E-state index in [4.69, 9.17) is 9.47 Å². The summed E-state index contributed by atoms with van der Waals surface area (Å²) < 4.78 is 11.5. The van der Waals surface area contributed by atoms with Crippen LogP contribution in [0.15, 0.2) is 103 Å². The lowest BCUT2D eigenvalue weighted by Crippen LogP contribution is -2.32. The molecule has 4 rings (SSSR count). The van der Waals surface area contributed by atoms with Crippen molar-refractivity contribution in [3.8, 4) is 11.5 Å². The van der Waals surface area contributed by atoms with Crippen molar-refractivity contribution in [1.29, 1.82) is 0 Å². The quantitative estimate of drug-likeness (QED) is 0.0780. The molecule has 2 N–H and O–H groups in total. The van der Waals surface area contributed by atoms with E-state index in [0.29, 0.717) is 43.0 Å². The summed E-state index contributed by atoms with van der Waals surface area (Å²) in [5.74, 6) is -0.543. The molecule has 0 aromatic heterocycles. The number of carbonyl (C=O) groups excluding carboxylic acids is 2. The maximum atomic E-state index is 12.9. The van der Waals surface area contributed by atoms with E-state index in [2.05, 4.69) is 12.2 Å². The minimum Gasteiger partial charge on any atom is -0.494 e. The summed E-state index contributed by atoms with van der Waals surface area (Å²) in [5.41, 5.74) is 3.64. The van der Waals surface area contributed by atoms with Crippen molar-refractivity contribution in [3.63, 3.8) is 0 Å². The molecule has 0 saturated carbocycles. The molecule has 0 aliphatic heterocycles. The molecule has 45 heavy (non-hydrogen) atoms. The van der Waals surface area contributed by atoms with Crippen LogP contribution in [-0.4, -0.2) is 42.1 Å². The molecule has 0 heterocycles. The van der Waals surface area contributed by atoms with Crippen LogP contribution < -0.4 is 19.7 Å². The fraction of sp³-hybridized carbons (Fsp3) is 0.270. The van der Waals surface area contributed by atoms with Crippen molar-refractivity contribution in [2.75, 3.05) is 23.4 Å². The normalized spacial score (nSPS) is 11.3. The van der Waals surface area contributed by atoms with E-state index in [-0.39, 0.29) is 18.1 Å². The maximum Gasteiger partial charge on any atom is 0.343 e. The van der Waals surface area contributed by atoms with Gasteiger partial charge in [-0.15, -0.1) is 0 Å². The van der Waals surface area contributed by atoms with Gasteiger partial charge in [0.1, 0.15) is 11.8 Å². The third kappa shape index (κ3) is 9.96. The first-order valence-corrected chi connectivity index (χ1v) is 15.3. The molecule has 234 valence electrons. The average molecular weight is 609 g/mol. The number of nitrogens with one attached hydrogen (secondary N) is 1. The molecular formula is C37H40N2O6. The Balaban J connectivity index is 1.32. The lowest BCUT2D eigenvalue weighted by molar-refractivity contribution is -0.137. The Morgan fingerprint density at radius 3 is 2.22 bits per heavy atom. The molecule has 1 amide bonds. The molecule has 0 saturated heterocycles. The third-order valence-electron chi connectivity index (χ3n) is 7.28. The summed E-state index contributed by atoms with van der Waals surface area (Å²) in [6.45, 7) is 5.08. The first-order valence-electron chi connectivity index (χ1n) is 15.3. The van der Waals surface area contributed by atoms with E-state index >= 15 is 0 Å². The number of amides is 1. The van der Waals surface area contributed by atoms with Crippen LogP contribution in [0.1, 0.15) is 54.1 Å². The number of aliphatic carboxylic acids is 1. The number of carbonyl (C=O) groups is 3. The Kier molecular flexibility index (Phi) is 12.1. The summed E-state index contributed by atoms with van der Waals surface area (Å²) in [6, 6.07) is 29.7.